The molecule has 6 nitrogen and oxygen atoms in total. The first kappa shape index (κ1) is 20.3. The van der Waals surface area contributed by atoms with E-state index in [1.807, 2.05) is 57.3 Å². The second kappa shape index (κ2) is 8.86. The van der Waals surface area contributed by atoms with Crippen LogP contribution in [0.3, 0.4) is 0 Å². The van der Waals surface area contributed by atoms with E-state index in [1.54, 1.807) is 18.3 Å². The largest absolute Gasteiger partial charge is 0.395 e. The average molecular weight is 446 g/mol. The summed E-state index contributed by atoms with van der Waals surface area (Å²) in [7, 11) is 0. The second-order valence-corrected chi connectivity index (χ2v) is 8.12. The quantitative estimate of drug-likeness (QED) is 0.395. The molecule has 5 rings (SSSR count). The molecule has 3 heterocycles. The fourth-order valence-electron chi connectivity index (χ4n) is 3.65. The summed E-state index contributed by atoms with van der Waals surface area (Å²) in [5.74, 6) is 0.233. The molecular formula is C24H20FN5OS. The van der Waals surface area contributed by atoms with Gasteiger partial charge in [0.05, 0.1) is 18.0 Å². The Bertz CT molecular complexity index is 1330. The number of halogens is 1. The first-order chi connectivity index (χ1) is 15.7. The van der Waals surface area contributed by atoms with E-state index >= 15 is 0 Å². The summed E-state index contributed by atoms with van der Waals surface area (Å²) in [4.78, 5) is 16.9. The van der Waals surface area contributed by atoms with E-state index in [4.69, 9.17) is 9.97 Å². The summed E-state index contributed by atoms with van der Waals surface area (Å²) in [5, 5.41) is 11.6. The third-order valence-corrected chi connectivity index (χ3v) is 5.89. The number of anilines is 1. The molecule has 0 aliphatic heterocycles. The van der Waals surface area contributed by atoms with Crippen molar-refractivity contribution < 1.29 is 9.50 Å². The zero-order valence-corrected chi connectivity index (χ0v) is 17.9. The van der Waals surface area contributed by atoms with Gasteiger partial charge in [-0.15, -0.1) is 11.3 Å². The van der Waals surface area contributed by atoms with Gasteiger partial charge in [0.2, 0.25) is 5.95 Å². The van der Waals surface area contributed by atoms with Crippen molar-refractivity contribution in [2.24, 2.45) is 0 Å². The lowest BCUT2D eigenvalue weighted by molar-refractivity contribution is 0.301. The monoisotopic (exact) mass is 445 g/mol. The molecule has 3 aromatic heterocycles. The Hall–Kier alpha value is -3.62. The Morgan fingerprint density at radius 1 is 1.00 bits per heavy atom. The van der Waals surface area contributed by atoms with Crippen LogP contribution in [0.25, 0.3) is 27.6 Å². The Kier molecular flexibility index (Phi) is 5.62. The fraction of sp³-hybridized carbons (Fsp3) is 0.125. The number of thiazole rings is 1. The van der Waals surface area contributed by atoms with Crippen molar-refractivity contribution in [2.45, 2.75) is 6.54 Å². The molecule has 0 saturated heterocycles. The van der Waals surface area contributed by atoms with Crippen molar-refractivity contribution >= 4 is 22.2 Å². The van der Waals surface area contributed by atoms with Crippen LogP contribution in [0.2, 0.25) is 0 Å². The molecule has 0 radical (unpaired) electrons. The molecule has 1 N–H and O–H groups in total. The molecule has 160 valence electrons. The van der Waals surface area contributed by atoms with Crippen molar-refractivity contribution in [2.75, 3.05) is 18.1 Å². The standard InChI is InChI=1S/C24H20FN5OS/c25-19-8-6-18(7-9-19)21-22(30-13-15-32-24(30)28-21)20-10-11-26-23(27-20)29(12-14-31)16-17-4-2-1-3-5-17/h1-11,13,15,31H,12,14,16H2. The summed E-state index contributed by atoms with van der Waals surface area (Å²) >= 11 is 1.53. The number of nitrogens with zero attached hydrogens (tertiary/aromatic N) is 5. The van der Waals surface area contributed by atoms with Crippen molar-refractivity contribution in [3.05, 3.63) is 89.8 Å². The summed E-state index contributed by atoms with van der Waals surface area (Å²) in [6.07, 6.45) is 3.67. The van der Waals surface area contributed by atoms with Crippen LogP contribution in [0, 0.1) is 5.82 Å². The van der Waals surface area contributed by atoms with Gasteiger partial charge in [0.25, 0.3) is 0 Å². The van der Waals surface area contributed by atoms with Gasteiger partial charge in [0.15, 0.2) is 4.96 Å². The molecule has 0 aliphatic rings. The molecular weight excluding hydrogens is 425 g/mol. The van der Waals surface area contributed by atoms with Crippen molar-refractivity contribution in [3.63, 3.8) is 0 Å². The lowest BCUT2D eigenvalue weighted by Gasteiger charge is -2.22. The van der Waals surface area contributed by atoms with E-state index in [0.29, 0.717) is 24.7 Å². The van der Waals surface area contributed by atoms with E-state index in [2.05, 4.69) is 4.98 Å². The lowest BCUT2D eigenvalue weighted by Crippen LogP contribution is -2.28. The van der Waals surface area contributed by atoms with Crippen LogP contribution in [0.15, 0.2) is 78.4 Å². The van der Waals surface area contributed by atoms with Crippen molar-refractivity contribution in [1.29, 1.82) is 0 Å². The highest BCUT2D eigenvalue weighted by Crippen LogP contribution is 2.34. The van der Waals surface area contributed by atoms with E-state index in [0.717, 1.165) is 27.5 Å². The van der Waals surface area contributed by atoms with Gasteiger partial charge in [-0.25, -0.2) is 19.3 Å². The summed E-state index contributed by atoms with van der Waals surface area (Å²) in [5.41, 5.74) is 4.18. The second-order valence-electron chi connectivity index (χ2n) is 7.24. The Balaban J connectivity index is 1.59. The summed E-state index contributed by atoms with van der Waals surface area (Å²) in [6.45, 7) is 0.974. The summed E-state index contributed by atoms with van der Waals surface area (Å²) in [6, 6.07) is 18.2. The number of imidazole rings is 1. The third-order valence-electron chi connectivity index (χ3n) is 5.13. The number of aliphatic hydroxyl groups is 1. The lowest BCUT2D eigenvalue weighted by atomic mass is 10.1. The predicted octanol–water partition coefficient (Wildman–Crippen LogP) is 4.66. The Labute approximate surface area is 188 Å². The van der Waals surface area contributed by atoms with Crippen LogP contribution in [0.5, 0.6) is 0 Å². The van der Waals surface area contributed by atoms with Crippen molar-refractivity contribution in [1.82, 2.24) is 19.4 Å². The van der Waals surface area contributed by atoms with Gasteiger partial charge in [0, 0.05) is 36.4 Å². The average Bonchev–Trinajstić information content (AvgIpc) is 3.42. The Morgan fingerprint density at radius 2 is 1.81 bits per heavy atom. The van der Waals surface area contributed by atoms with Gasteiger partial charge in [-0.1, -0.05) is 30.3 Å². The zero-order valence-electron chi connectivity index (χ0n) is 17.1. The molecule has 2 aromatic carbocycles. The minimum atomic E-state index is -0.291. The van der Waals surface area contributed by atoms with Crippen LogP contribution in [-0.2, 0) is 6.54 Å². The molecule has 0 spiro atoms. The fourth-order valence-corrected chi connectivity index (χ4v) is 4.36. The van der Waals surface area contributed by atoms with Crippen LogP contribution in [0.4, 0.5) is 10.3 Å². The number of hydrogen-bond acceptors (Lipinski definition) is 6. The smallest absolute Gasteiger partial charge is 0.226 e. The van der Waals surface area contributed by atoms with Crippen LogP contribution in [-0.4, -0.2) is 37.6 Å². The van der Waals surface area contributed by atoms with Crippen LogP contribution >= 0.6 is 11.3 Å². The van der Waals surface area contributed by atoms with Gasteiger partial charge in [-0.05, 0) is 35.9 Å². The SMILES string of the molecule is OCCN(Cc1ccccc1)c1nccc(-c2c(-c3ccc(F)cc3)nc3sccn23)n1. The highest BCUT2D eigenvalue weighted by Gasteiger charge is 2.20. The molecule has 0 bridgehead atoms. The number of aromatic nitrogens is 4. The third kappa shape index (κ3) is 3.98. The maximum Gasteiger partial charge on any atom is 0.226 e. The maximum atomic E-state index is 13.5. The number of fused-ring (bicyclic) bond motifs is 1. The molecule has 0 unspecified atom stereocenters. The normalized spacial score (nSPS) is 11.2. The van der Waals surface area contributed by atoms with E-state index < -0.39 is 0 Å². The van der Waals surface area contributed by atoms with E-state index in [1.165, 1.54) is 23.5 Å². The van der Waals surface area contributed by atoms with Gasteiger partial charge in [-0.3, -0.25) is 4.40 Å². The topological polar surface area (TPSA) is 66.5 Å². The van der Waals surface area contributed by atoms with E-state index in [9.17, 15) is 9.50 Å². The zero-order chi connectivity index (χ0) is 21.9. The molecule has 0 fully saturated rings. The minimum absolute atomic E-state index is 0.0112. The van der Waals surface area contributed by atoms with Gasteiger partial charge in [0.1, 0.15) is 11.5 Å². The first-order valence-corrected chi connectivity index (χ1v) is 11.1. The summed E-state index contributed by atoms with van der Waals surface area (Å²) < 4.78 is 15.5. The highest BCUT2D eigenvalue weighted by molar-refractivity contribution is 7.15. The number of benzene rings is 2. The maximum absolute atomic E-state index is 13.5. The first-order valence-electron chi connectivity index (χ1n) is 10.2. The van der Waals surface area contributed by atoms with Crippen LogP contribution in [0.1, 0.15) is 5.56 Å². The van der Waals surface area contributed by atoms with Gasteiger partial charge < -0.3 is 10.0 Å². The van der Waals surface area contributed by atoms with Crippen LogP contribution < -0.4 is 4.90 Å². The number of aliphatic hydroxyl groups excluding tert-OH is 1. The number of hydrogen-bond donors (Lipinski definition) is 1. The Morgan fingerprint density at radius 3 is 2.59 bits per heavy atom. The number of rotatable bonds is 7. The van der Waals surface area contributed by atoms with Gasteiger partial charge >= 0.3 is 0 Å². The molecule has 0 amide bonds. The molecule has 0 aliphatic carbocycles. The predicted molar refractivity (Wildman–Crippen MR) is 124 cm³/mol. The van der Waals surface area contributed by atoms with E-state index in [-0.39, 0.29) is 12.4 Å². The molecule has 32 heavy (non-hydrogen) atoms. The molecule has 0 atom stereocenters. The minimum Gasteiger partial charge on any atom is -0.395 e. The van der Waals surface area contributed by atoms with Gasteiger partial charge in [-0.2, -0.15) is 0 Å². The highest BCUT2D eigenvalue weighted by atomic mass is 32.1. The molecule has 5 aromatic rings. The molecule has 8 heteroatoms. The molecule has 0 saturated carbocycles. The van der Waals surface area contributed by atoms with Crippen molar-refractivity contribution in [3.8, 4) is 22.6 Å².